The summed E-state index contributed by atoms with van der Waals surface area (Å²) < 4.78 is 2.24. The van der Waals surface area contributed by atoms with Crippen molar-refractivity contribution in [1.82, 2.24) is 19.5 Å². The van der Waals surface area contributed by atoms with Crippen LogP contribution in [-0.2, 0) is 19.5 Å². The molecule has 6 heteroatoms. The fourth-order valence-corrected chi connectivity index (χ4v) is 3.31. The van der Waals surface area contributed by atoms with Crippen LogP contribution in [0, 0.1) is 0 Å². The lowest BCUT2D eigenvalue weighted by atomic mass is 10.2. The molecule has 2 aromatic heterocycles. The number of halogens is 1. The largest absolute Gasteiger partial charge is 0.364 e. The minimum Gasteiger partial charge on any atom is -0.364 e. The van der Waals surface area contributed by atoms with E-state index >= 15 is 0 Å². The number of nitrogens with one attached hydrogen (secondary N) is 1. The first-order chi connectivity index (χ1) is 11.3. The summed E-state index contributed by atoms with van der Waals surface area (Å²) in [7, 11) is 0. The lowest BCUT2D eigenvalue weighted by molar-refractivity contribution is 0.643. The molecule has 1 aliphatic heterocycles. The SMILES string of the molecule is Clc1cccc(CNc2ncnc3c2nc2n3CCCCC2)c1. The van der Waals surface area contributed by atoms with Crippen molar-refractivity contribution in [3.63, 3.8) is 0 Å². The molecule has 1 aromatic carbocycles. The van der Waals surface area contributed by atoms with Crippen LogP contribution < -0.4 is 5.32 Å². The van der Waals surface area contributed by atoms with Crippen LogP contribution in [0.15, 0.2) is 30.6 Å². The van der Waals surface area contributed by atoms with Gasteiger partial charge in [-0.2, -0.15) is 0 Å². The third kappa shape index (κ3) is 2.88. The lowest BCUT2D eigenvalue weighted by Gasteiger charge is -2.07. The minimum atomic E-state index is 0.662. The molecule has 0 amide bonds. The normalized spacial score (nSPS) is 14.5. The Morgan fingerprint density at radius 2 is 2.13 bits per heavy atom. The van der Waals surface area contributed by atoms with E-state index in [0.29, 0.717) is 6.54 Å². The van der Waals surface area contributed by atoms with E-state index in [1.54, 1.807) is 6.33 Å². The molecule has 4 rings (SSSR count). The fraction of sp³-hybridized carbons (Fsp3) is 0.353. The van der Waals surface area contributed by atoms with E-state index in [-0.39, 0.29) is 0 Å². The smallest absolute Gasteiger partial charge is 0.165 e. The van der Waals surface area contributed by atoms with Crippen LogP contribution in [0.1, 0.15) is 30.7 Å². The maximum atomic E-state index is 6.04. The van der Waals surface area contributed by atoms with Crippen molar-refractivity contribution in [2.75, 3.05) is 5.32 Å². The molecule has 5 nitrogen and oxygen atoms in total. The first-order valence-corrected chi connectivity index (χ1v) is 8.37. The number of nitrogens with zero attached hydrogens (tertiary/aromatic N) is 4. The van der Waals surface area contributed by atoms with Crippen molar-refractivity contribution in [2.45, 2.75) is 38.8 Å². The second kappa shape index (κ2) is 6.16. The first-order valence-electron chi connectivity index (χ1n) is 8.00. The predicted octanol–water partition coefficient (Wildman–Crippen LogP) is 3.82. The number of aryl methyl sites for hydroxylation is 2. The molecule has 3 heterocycles. The number of hydrogen-bond acceptors (Lipinski definition) is 4. The van der Waals surface area contributed by atoms with Crippen LogP contribution in [-0.4, -0.2) is 19.5 Å². The predicted molar refractivity (Wildman–Crippen MR) is 91.7 cm³/mol. The average Bonchev–Trinajstić information content (AvgIpc) is 2.75. The van der Waals surface area contributed by atoms with Crippen molar-refractivity contribution >= 4 is 28.6 Å². The molecule has 118 valence electrons. The fourth-order valence-electron chi connectivity index (χ4n) is 3.10. The molecule has 1 N–H and O–H groups in total. The second-order valence-corrected chi connectivity index (χ2v) is 6.30. The highest BCUT2D eigenvalue weighted by Gasteiger charge is 2.17. The van der Waals surface area contributed by atoms with Crippen molar-refractivity contribution in [2.24, 2.45) is 0 Å². The van der Waals surface area contributed by atoms with E-state index in [1.807, 2.05) is 24.3 Å². The van der Waals surface area contributed by atoms with Crippen LogP contribution >= 0.6 is 11.6 Å². The Balaban J connectivity index is 1.65. The van der Waals surface area contributed by atoms with Gasteiger partial charge in [-0.1, -0.05) is 30.2 Å². The van der Waals surface area contributed by atoms with Gasteiger partial charge in [0.15, 0.2) is 17.0 Å². The summed E-state index contributed by atoms with van der Waals surface area (Å²) in [5.41, 5.74) is 2.92. The number of hydrogen-bond donors (Lipinski definition) is 1. The third-order valence-electron chi connectivity index (χ3n) is 4.24. The van der Waals surface area contributed by atoms with E-state index < -0.39 is 0 Å². The van der Waals surface area contributed by atoms with Gasteiger partial charge in [0.2, 0.25) is 0 Å². The first kappa shape index (κ1) is 14.5. The quantitative estimate of drug-likeness (QED) is 0.794. The molecule has 0 spiro atoms. The molecular weight excluding hydrogens is 310 g/mol. The Morgan fingerprint density at radius 3 is 3.04 bits per heavy atom. The van der Waals surface area contributed by atoms with Gasteiger partial charge < -0.3 is 9.88 Å². The van der Waals surface area contributed by atoms with Crippen molar-refractivity contribution < 1.29 is 0 Å². The maximum absolute atomic E-state index is 6.04. The molecule has 0 saturated carbocycles. The highest BCUT2D eigenvalue weighted by atomic mass is 35.5. The number of imidazole rings is 1. The van der Waals surface area contributed by atoms with Crippen molar-refractivity contribution in [3.05, 3.63) is 47.0 Å². The van der Waals surface area contributed by atoms with Gasteiger partial charge in [0, 0.05) is 24.5 Å². The maximum Gasteiger partial charge on any atom is 0.165 e. The molecule has 23 heavy (non-hydrogen) atoms. The standard InChI is InChI=1S/C17H18ClN5/c18-13-6-4-5-12(9-13)10-19-16-15-17(21-11-20-16)23-8-3-1-2-7-14(23)22-15/h4-6,9,11H,1-3,7-8,10H2,(H,19,20,21). The summed E-state index contributed by atoms with van der Waals surface area (Å²) in [6.07, 6.45) is 6.28. The van der Waals surface area contributed by atoms with E-state index in [9.17, 15) is 0 Å². The molecule has 0 radical (unpaired) electrons. The van der Waals surface area contributed by atoms with E-state index in [0.717, 1.165) is 46.4 Å². The molecule has 0 saturated heterocycles. The zero-order chi connectivity index (χ0) is 15.6. The summed E-state index contributed by atoms with van der Waals surface area (Å²) >= 11 is 6.04. The Morgan fingerprint density at radius 1 is 1.17 bits per heavy atom. The van der Waals surface area contributed by atoms with Gasteiger partial charge in [0.25, 0.3) is 0 Å². The number of fused-ring (bicyclic) bond motifs is 3. The summed E-state index contributed by atoms with van der Waals surface area (Å²) in [6.45, 7) is 1.66. The van der Waals surface area contributed by atoms with Gasteiger partial charge >= 0.3 is 0 Å². The van der Waals surface area contributed by atoms with Crippen molar-refractivity contribution in [3.8, 4) is 0 Å². The second-order valence-electron chi connectivity index (χ2n) is 5.87. The number of aromatic nitrogens is 4. The molecule has 0 bridgehead atoms. The van der Waals surface area contributed by atoms with Crippen LogP contribution in [0.5, 0.6) is 0 Å². The highest BCUT2D eigenvalue weighted by molar-refractivity contribution is 6.30. The van der Waals surface area contributed by atoms with E-state index in [1.165, 1.54) is 19.3 Å². The van der Waals surface area contributed by atoms with Gasteiger partial charge in [0.05, 0.1) is 0 Å². The number of benzene rings is 1. The average molecular weight is 328 g/mol. The van der Waals surface area contributed by atoms with Crippen molar-refractivity contribution in [1.29, 1.82) is 0 Å². The molecule has 0 fully saturated rings. The van der Waals surface area contributed by atoms with Crippen LogP contribution in [0.3, 0.4) is 0 Å². The molecule has 0 atom stereocenters. The topological polar surface area (TPSA) is 55.6 Å². The molecule has 1 aliphatic rings. The number of anilines is 1. The Labute approximate surface area is 139 Å². The van der Waals surface area contributed by atoms with Crippen LogP contribution in [0.25, 0.3) is 11.2 Å². The Bertz CT molecular complexity index is 842. The van der Waals surface area contributed by atoms with Gasteiger partial charge in [0.1, 0.15) is 12.2 Å². The molecule has 3 aromatic rings. The monoisotopic (exact) mass is 327 g/mol. The summed E-state index contributed by atoms with van der Waals surface area (Å²) in [5, 5.41) is 4.11. The molecule has 0 unspecified atom stereocenters. The Hall–Kier alpha value is -2.14. The summed E-state index contributed by atoms with van der Waals surface area (Å²) in [4.78, 5) is 13.6. The van der Waals surface area contributed by atoms with Gasteiger partial charge in [-0.15, -0.1) is 0 Å². The lowest BCUT2D eigenvalue weighted by Crippen LogP contribution is -2.04. The number of rotatable bonds is 3. The van der Waals surface area contributed by atoms with Crippen LogP contribution in [0.4, 0.5) is 5.82 Å². The Kier molecular flexibility index (Phi) is 3.87. The zero-order valence-electron chi connectivity index (χ0n) is 12.8. The van der Waals surface area contributed by atoms with Crippen LogP contribution in [0.2, 0.25) is 5.02 Å². The van der Waals surface area contributed by atoms with E-state index in [4.69, 9.17) is 16.6 Å². The van der Waals surface area contributed by atoms with Gasteiger partial charge in [-0.3, -0.25) is 0 Å². The van der Waals surface area contributed by atoms with Gasteiger partial charge in [-0.05, 0) is 30.5 Å². The highest BCUT2D eigenvalue weighted by Crippen LogP contribution is 2.24. The van der Waals surface area contributed by atoms with E-state index in [2.05, 4.69) is 19.9 Å². The third-order valence-corrected chi connectivity index (χ3v) is 4.48. The zero-order valence-corrected chi connectivity index (χ0v) is 13.6. The molecular formula is C17H18ClN5. The summed E-state index contributed by atoms with van der Waals surface area (Å²) in [5.74, 6) is 1.92. The summed E-state index contributed by atoms with van der Waals surface area (Å²) in [6, 6.07) is 7.82. The molecule has 0 aliphatic carbocycles. The minimum absolute atomic E-state index is 0.662. The van der Waals surface area contributed by atoms with Gasteiger partial charge in [-0.25, -0.2) is 15.0 Å².